The summed E-state index contributed by atoms with van der Waals surface area (Å²) in [5.41, 5.74) is 3.20. The summed E-state index contributed by atoms with van der Waals surface area (Å²) in [5.74, 6) is 0.729. The molecular weight excluding hydrogens is 350 g/mol. The molecule has 3 rings (SSSR count). The first-order valence-corrected chi connectivity index (χ1v) is 9.28. The molecule has 26 heavy (non-hydrogen) atoms. The monoisotopic (exact) mass is 369 g/mol. The zero-order valence-corrected chi connectivity index (χ0v) is 15.2. The van der Waals surface area contributed by atoms with E-state index in [2.05, 4.69) is 36.2 Å². The van der Waals surface area contributed by atoms with Crippen molar-refractivity contribution >= 4 is 28.5 Å². The third kappa shape index (κ3) is 4.49. The van der Waals surface area contributed by atoms with Gasteiger partial charge >= 0.3 is 0 Å². The van der Waals surface area contributed by atoms with E-state index in [4.69, 9.17) is 0 Å². The highest BCUT2D eigenvalue weighted by atomic mass is 32.2. The van der Waals surface area contributed by atoms with Gasteiger partial charge in [0.05, 0.1) is 17.9 Å². The lowest BCUT2D eigenvalue weighted by Gasteiger charge is -2.18. The fourth-order valence-corrected chi connectivity index (χ4v) is 3.64. The summed E-state index contributed by atoms with van der Waals surface area (Å²) >= 11 is 1.56. The van der Waals surface area contributed by atoms with Gasteiger partial charge in [0.1, 0.15) is 0 Å². The predicted octanol–water partition coefficient (Wildman–Crippen LogP) is 3.58. The Morgan fingerprint density at radius 3 is 2.46 bits per heavy atom. The number of non-ortho nitro benzene ring substituents is 1. The van der Waals surface area contributed by atoms with Gasteiger partial charge in [-0.05, 0) is 18.1 Å². The summed E-state index contributed by atoms with van der Waals surface area (Å²) < 4.78 is 0. The van der Waals surface area contributed by atoms with Gasteiger partial charge in [-0.1, -0.05) is 53.7 Å². The number of rotatable bonds is 5. The summed E-state index contributed by atoms with van der Waals surface area (Å²) in [6, 6.07) is 14.4. The van der Waals surface area contributed by atoms with Crippen LogP contribution in [0.3, 0.4) is 0 Å². The van der Waals surface area contributed by atoms with E-state index in [1.54, 1.807) is 28.8 Å². The molecule has 0 atom stereocenters. The van der Waals surface area contributed by atoms with Crippen molar-refractivity contribution in [2.75, 3.05) is 13.1 Å². The van der Waals surface area contributed by atoms with E-state index in [1.807, 2.05) is 0 Å². The maximum atomic E-state index is 12.6. The van der Waals surface area contributed by atoms with Crippen molar-refractivity contribution in [2.24, 2.45) is 4.99 Å². The Hall–Kier alpha value is -2.67. The molecular formula is C19H19N3O3S. The summed E-state index contributed by atoms with van der Waals surface area (Å²) in [6.07, 6.45) is 0.210. The third-order valence-electron chi connectivity index (χ3n) is 4.09. The van der Waals surface area contributed by atoms with Gasteiger partial charge in [-0.2, -0.15) is 0 Å². The minimum Gasteiger partial charge on any atom is -0.289 e. The quantitative estimate of drug-likeness (QED) is 0.596. The second-order valence-corrected chi connectivity index (χ2v) is 7.03. The number of hydrogen-bond donors (Lipinski definition) is 0. The van der Waals surface area contributed by atoms with E-state index in [0.29, 0.717) is 13.1 Å². The normalized spacial score (nSPS) is 13.6. The van der Waals surface area contributed by atoms with Crippen LogP contribution in [0.4, 0.5) is 5.69 Å². The lowest BCUT2D eigenvalue weighted by molar-refractivity contribution is -0.384. The molecule has 0 radical (unpaired) electrons. The number of benzene rings is 2. The molecule has 1 aliphatic rings. The van der Waals surface area contributed by atoms with Crippen LogP contribution in [-0.4, -0.2) is 34.0 Å². The Bertz CT molecular complexity index is 832. The molecule has 0 bridgehead atoms. The summed E-state index contributed by atoms with van der Waals surface area (Å²) in [7, 11) is 0. The van der Waals surface area contributed by atoms with Crippen LogP contribution in [0.25, 0.3) is 0 Å². The van der Waals surface area contributed by atoms with Gasteiger partial charge in [-0.3, -0.25) is 24.8 Å². The molecule has 6 nitrogen and oxygen atoms in total. The van der Waals surface area contributed by atoms with Gasteiger partial charge in [0.25, 0.3) is 5.69 Å². The molecule has 1 aliphatic heterocycles. The first-order valence-electron chi connectivity index (χ1n) is 8.29. The van der Waals surface area contributed by atoms with Crippen LogP contribution in [0.1, 0.15) is 16.7 Å². The standard InChI is InChI=1S/C19H19N3O3S/c1-14-2-4-16(5-3-14)13-26-19-20-10-11-21(19)18(23)12-15-6-8-17(9-7-15)22(24)25/h2-9H,10-13H2,1H3. The summed E-state index contributed by atoms with van der Waals surface area (Å²) in [6.45, 7) is 3.25. The molecule has 0 fully saturated rings. The molecule has 1 heterocycles. The number of carbonyl (C=O) groups excluding carboxylic acids is 1. The second kappa shape index (κ2) is 8.14. The Kier molecular flexibility index (Phi) is 5.68. The van der Waals surface area contributed by atoms with Crippen molar-refractivity contribution in [3.8, 4) is 0 Å². The molecule has 0 aliphatic carbocycles. The number of amidine groups is 1. The topological polar surface area (TPSA) is 75.8 Å². The summed E-state index contributed by atoms with van der Waals surface area (Å²) in [5, 5.41) is 11.5. The molecule has 2 aromatic carbocycles. The van der Waals surface area contributed by atoms with Gasteiger partial charge < -0.3 is 0 Å². The molecule has 0 aromatic heterocycles. The van der Waals surface area contributed by atoms with Gasteiger partial charge in [-0.25, -0.2) is 0 Å². The van der Waals surface area contributed by atoms with E-state index in [-0.39, 0.29) is 18.0 Å². The number of aryl methyl sites for hydroxylation is 1. The lowest BCUT2D eigenvalue weighted by Crippen LogP contribution is -2.34. The largest absolute Gasteiger partial charge is 0.289 e. The Morgan fingerprint density at radius 2 is 1.81 bits per heavy atom. The van der Waals surface area contributed by atoms with E-state index in [9.17, 15) is 14.9 Å². The Balaban J connectivity index is 1.58. The first kappa shape index (κ1) is 18.1. The number of thioether (sulfide) groups is 1. The lowest BCUT2D eigenvalue weighted by atomic mass is 10.1. The highest BCUT2D eigenvalue weighted by Crippen LogP contribution is 2.21. The Labute approximate surface area is 156 Å². The van der Waals surface area contributed by atoms with Gasteiger partial charge in [0.2, 0.25) is 5.91 Å². The zero-order chi connectivity index (χ0) is 18.5. The molecule has 2 aromatic rings. The molecule has 7 heteroatoms. The number of nitrogens with zero attached hydrogens (tertiary/aromatic N) is 3. The van der Waals surface area contributed by atoms with Crippen LogP contribution in [0.15, 0.2) is 53.5 Å². The fraction of sp³-hybridized carbons (Fsp3) is 0.263. The van der Waals surface area contributed by atoms with Crippen molar-refractivity contribution in [3.05, 3.63) is 75.3 Å². The van der Waals surface area contributed by atoms with E-state index in [1.165, 1.54) is 23.3 Å². The summed E-state index contributed by atoms with van der Waals surface area (Å²) in [4.78, 5) is 29.0. The highest BCUT2D eigenvalue weighted by Gasteiger charge is 2.24. The number of hydrogen-bond acceptors (Lipinski definition) is 5. The van der Waals surface area contributed by atoms with E-state index < -0.39 is 4.92 Å². The van der Waals surface area contributed by atoms with Crippen molar-refractivity contribution < 1.29 is 9.72 Å². The third-order valence-corrected chi connectivity index (χ3v) is 5.18. The van der Waals surface area contributed by atoms with Crippen molar-refractivity contribution in [2.45, 2.75) is 19.1 Å². The molecule has 1 amide bonds. The van der Waals surface area contributed by atoms with Crippen LogP contribution in [0, 0.1) is 17.0 Å². The molecule has 0 unspecified atom stereocenters. The smallest absolute Gasteiger partial charge is 0.269 e. The maximum Gasteiger partial charge on any atom is 0.269 e. The van der Waals surface area contributed by atoms with Gasteiger partial charge in [-0.15, -0.1) is 0 Å². The van der Waals surface area contributed by atoms with Crippen LogP contribution < -0.4 is 0 Å². The first-order chi connectivity index (χ1) is 12.5. The average Bonchev–Trinajstić information content (AvgIpc) is 3.10. The number of nitro benzene ring substituents is 1. The molecule has 0 saturated heterocycles. The number of nitro groups is 1. The van der Waals surface area contributed by atoms with Crippen molar-refractivity contribution in [1.82, 2.24) is 4.90 Å². The van der Waals surface area contributed by atoms with Gasteiger partial charge in [0.15, 0.2) is 5.17 Å². The molecule has 0 saturated carbocycles. The fourth-order valence-electron chi connectivity index (χ4n) is 2.62. The minimum atomic E-state index is -0.446. The van der Waals surface area contributed by atoms with Gasteiger partial charge in [0, 0.05) is 24.4 Å². The average molecular weight is 369 g/mol. The zero-order valence-electron chi connectivity index (χ0n) is 14.4. The van der Waals surface area contributed by atoms with Crippen LogP contribution >= 0.6 is 11.8 Å². The second-order valence-electron chi connectivity index (χ2n) is 6.08. The minimum absolute atomic E-state index is 0.0262. The molecule has 0 spiro atoms. The maximum absolute atomic E-state index is 12.6. The molecule has 134 valence electrons. The SMILES string of the molecule is Cc1ccc(CSC2=NCCN2C(=O)Cc2ccc([N+](=O)[O-])cc2)cc1. The Morgan fingerprint density at radius 1 is 1.15 bits per heavy atom. The highest BCUT2D eigenvalue weighted by molar-refractivity contribution is 8.13. The van der Waals surface area contributed by atoms with Crippen LogP contribution in [0.2, 0.25) is 0 Å². The number of aliphatic imine (C=N–C) groups is 1. The van der Waals surface area contributed by atoms with E-state index >= 15 is 0 Å². The molecule has 0 N–H and O–H groups in total. The van der Waals surface area contributed by atoms with Crippen LogP contribution in [-0.2, 0) is 17.0 Å². The van der Waals surface area contributed by atoms with Crippen LogP contribution in [0.5, 0.6) is 0 Å². The van der Waals surface area contributed by atoms with Crippen molar-refractivity contribution in [3.63, 3.8) is 0 Å². The van der Waals surface area contributed by atoms with Crippen molar-refractivity contribution in [1.29, 1.82) is 0 Å². The number of carbonyl (C=O) groups is 1. The predicted molar refractivity (Wildman–Crippen MR) is 103 cm³/mol. The number of amides is 1. The van der Waals surface area contributed by atoms with E-state index in [0.717, 1.165) is 16.5 Å².